The molecule has 0 aliphatic carbocycles. The van der Waals surface area contributed by atoms with Crippen molar-refractivity contribution in [3.8, 4) is 0 Å². The topological polar surface area (TPSA) is 74.6 Å². The molecule has 0 bridgehead atoms. The fourth-order valence-electron chi connectivity index (χ4n) is 0. The minimum atomic E-state index is -4.67. The normalized spacial score (nSPS) is 9.29. The van der Waals surface area contributed by atoms with Crippen LogP contribution in [0.25, 0.3) is 0 Å². The van der Waals surface area contributed by atoms with Crippen molar-refractivity contribution in [2.75, 3.05) is 0 Å². The second-order valence-corrected chi connectivity index (χ2v) is 1.34. The van der Waals surface area contributed by atoms with E-state index >= 15 is 0 Å². The average molecular weight is 173 g/mol. The maximum atomic E-state index is 8.74. The van der Waals surface area contributed by atoms with Gasteiger partial charge in [0.15, 0.2) is 0 Å². The van der Waals surface area contributed by atoms with Gasteiger partial charge in [0.05, 0.1) is 0 Å². The van der Waals surface area contributed by atoms with E-state index in [0.29, 0.717) is 47.1 Å². The molecule has 0 unspecified atom stereocenters. The summed E-state index contributed by atoms with van der Waals surface area (Å²) >= 11 is 0.535. The molecule has 0 rings (SSSR count). The van der Waals surface area contributed by atoms with E-state index in [1.54, 1.807) is 0 Å². The first kappa shape index (κ1) is 11.6. The summed E-state index contributed by atoms with van der Waals surface area (Å²) in [5, 5.41) is 0. The zero-order valence-electron chi connectivity index (χ0n) is 3.50. The fraction of sp³-hybridized carbons (Fsp3) is 0. The van der Waals surface area contributed by atoms with Gasteiger partial charge in [-0.1, -0.05) is 0 Å². The van der Waals surface area contributed by atoms with Crippen LogP contribution in [-0.2, 0) is 10.4 Å². The molecule has 7 heavy (non-hydrogen) atoms. The fourth-order valence-corrected chi connectivity index (χ4v) is 0. The summed E-state index contributed by atoms with van der Waals surface area (Å²) in [4.78, 5) is 0. The van der Waals surface area contributed by atoms with Gasteiger partial charge in [-0.2, -0.15) is 8.42 Å². The molecule has 0 aliphatic rings. The Balaban J connectivity index is 0. The summed E-state index contributed by atoms with van der Waals surface area (Å²) in [5.74, 6) is 0. The van der Waals surface area contributed by atoms with Crippen LogP contribution in [0.3, 0.4) is 0 Å². The van der Waals surface area contributed by atoms with E-state index < -0.39 is 10.4 Å². The van der Waals surface area contributed by atoms with Crippen LogP contribution in [0.2, 0.25) is 0 Å². The molecule has 0 heterocycles. The van der Waals surface area contributed by atoms with Crippen LogP contribution in [0.4, 0.5) is 0 Å². The molecular formula is H2ClKO4S. The first-order valence-corrected chi connectivity index (χ1v) is 6.77. The molecule has 0 aliphatic heterocycles. The van der Waals surface area contributed by atoms with E-state index in [0.717, 1.165) is 0 Å². The first-order valence-electron chi connectivity index (χ1n) is 1.08. The van der Waals surface area contributed by atoms with Crippen LogP contribution in [0.1, 0.15) is 0 Å². The Bertz CT molecular complexity index is 94.9. The standard InChI is InChI=1S/ClH.K.H2O4S/c;;1-5(2,3)4/h1H;;(H2,1,2,3,4)/q;+1;/p-1. The van der Waals surface area contributed by atoms with Crippen molar-refractivity contribution < 1.29 is 17.5 Å². The first-order chi connectivity index (χ1) is 3.00. The number of halogens is 1. The minimum absolute atomic E-state index is 0.535. The van der Waals surface area contributed by atoms with Crippen molar-refractivity contribution in [3.63, 3.8) is 0 Å². The Hall–Kier alpha value is 1.80. The van der Waals surface area contributed by atoms with Crippen LogP contribution in [0.15, 0.2) is 0 Å². The van der Waals surface area contributed by atoms with Gasteiger partial charge in [-0.3, -0.25) is 9.11 Å². The summed E-state index contributed by atoms with van der Waals surface area (Å²) in [6, 6.07) is 0. The number of hydrogen-bond acceptors (Lipinski definition) is 2. The van der Waals surface area contributed by atoms with Gasteiger partial charge in [-0.15, -0.1) is 0 Å². The van der Waals surface area contributed by atoms with E-state index in [1.807, 2.05) is 0 Å². The zero-order chi connectivity index (χ0) is 6.50. The maximum absolute atomic E-state index is 8.74. The van der Waals surface area contributed by atoms with Gasteiger partial charge in [0.1, 0.15) is 0 Å². The average Bonchev–Trinajstić information content (AvgIpc) is 1.36. The van der Waals surface area contributed by atoms with Gasteiger partial charge >= 0.3 is 61.3 Å². The van der Waals surface area contributed by atoms with Crippen molar-refractivity contribution in [1.29, 1.82) is 0 Å². The van der Waals surface area contributed by atoms with E-state index in [4.69, 9.17) is 21.3 Å². The van der Waals surface area contributed by atoms with E-state index in [-0.39, 0.29) is 0 Å². The van der Waals surface area contributed by atoms with Gasteiger partial charge in [0, 0.05) is 0 Å². The number of hydrogen-bond donors (Lipinski definition) is 2. The van der Waals surface area contributed by atoms with Crippen molar-refractivity contribution in [2.24, 2.45) is 0 Å². The van der Waals surface area contributed by atoms with Crippen LogP contribution in [0.5, 0.6) is 0 Å². The molecule has 0 aromatic heterocycles. The van der Waals surface area contributed by atoms with Crippen molar-refractivity contribution in [1.82, 2.24) is 0 Å². The van der Waals surface area contributed by atoms with Gasteiger partial charge in [-0.05, 0) is 0 Å². The van der Waals surface area contributed by atoms with Crippen molar-refractivity contribution in [2.45, 2.75) is 0 Å². The van der Waals surface area contributed by atoms with Gasteiger partial charge < -0.3 is 0 Å². The van der Waals surface area contributed by atoms with Crippen LogP contribution >= 0.6 is 3.76 Å². The summed E-state index contributed by atoms with van der Waals surface area (Å²) in [5.41, 5.74) is 0. The second-order valence-electron chi connectivity index (χ2n) is 0.448. The van der Waals surface area contributed by atoms with E-state index in [2.05, 4.69) is 0 Å². The quantitative estimate of drug-likeness (QED) is 0.387. The number of rotatable bonds is 0. The monoisotopic (exact) mass is 172 g/mol. The molecule has 0 saturated heterocycles. The third-order valence-corrected chi connectivity index (χ3v) is 0. The molecular weight excluding hydrogens is 171 g/mol. The van der Waals surface area contributed by atoms with Gasteiger partial charge in [-0.25, -0.2) is 0 Å². The Morgan fingerprint density at radius 1 is 1.29 bits per heavy atom. The molecule has 0 saturated carbocycles. The summed E-state index contributed by atoms with van der Waals surface area (Å²) in [7, 11) is -4.67. The van der Waals surface area contributed by atoms with Crippen LogP contribution < -0.4 is 0 Å². The van der Waals surface area contributed by atoms with Crippen molar-refractivity contribution >= 4 is 61.3 Å². The molecule has 0 fully saturated rings. The predicted octanol–water partition coefficient (Wildman–Crippen LogP) is -0.344. The van der Waals surface area contributed by atoms with Crippen molar-refractivity contribution in [3.05, 3.63) is 0 Å². The molecule has 0 spiro atoms. The third kappa shape index (κ3) is 81.2. The Morgan fingerprint density at radius 2 is 1.29 bits per heavy atom. The Kier molecular flexibility index (Phi) is 9.80. The summed E-state index contributed by atoms with van der Waals surface area (Å²) < 4.78 is 36.4. The molecule has 0 radical (unpaired) electrons. The summed E-state index contributed by atoms with van der Waals surface area (Å²) in [6.45, 7) is 0. The zero-order valence-corrected chi connectivity index (χ0v) is 8.19. The predicted molar refractivity (Wildman–Crippen MR) is 25.8 cm³/mol. The Morgan fingerprint density at radius 3 is 1.29 bits per heavy atom. The molecule has 7 heteroatoms. The molecule has 0 amide bonds. The van der Waals surface area contributed by atoms with E-state index in [9.17, 15) is 0 Å². The van der Waals surface area contributed by atoms with Gasteiger partial charge in [0.25, 0.3) is 0 Å². The molecule has 0 aromatic rings. The molecule has 0 aromatic carbocycles. The molecule has 2 N–H and O–H groups in total. The SMILES string of the molecule is O=S(=O)(O)O.[Cl][K]. The van der Waals surface area contributed by atoms with E-state index in [1.165, 1.54) is 0 Å². The van der Waals surface area contributed by atoms with Gasteiger partial charge in [0.2, 0.25) is 0 Å². The molecule has 0 atom stereocenters. The third-order valence-electron chi connectivity index (χ3n) is 0. The Labute approximate surface area is 77.2 Å². The molecule has 40 valence electrons. The van der Waals surface area contributed by atoms with Crippen LogP contribution in [-0.4, -0.2) is 64.7 Å². The van der Waals surface area contributed by atoms with Crippen LogP contribution in [0, 0.1) is 0 Å². The molecule has 4 nitrogen and oxygen atoms in total. The summed E-state index contributed by atoms with van der Waals surface area (Å²) in [6.07, 6.45) is 0. The second kappa shape index (κ2) is 5.92.